The third-order valence-corrected chi connectivity index (χ3v) is 5.96. The summed E-state index contributed by atoms with van der Waals surface area (Å²) in [5.41, 5.74) is 0.783. The summed E-state index contributed by atoms with van der Waals surface area (Å²) in [5, 5.41) is 3.85. The highest BCUT2D eigenvalue weighted by atomic mass is 35.5. The Kier molecular flexibility index (Phi) is 6.27. The predicted octanol–water partition coefficient (Wildman–Crippen LogP) is 2.57. The van der Waals surface area contributed by atoms with Crippen molar-refractivity contribution in [2.24, 2.45) is 5.92 Å². The standard InChI is InChI=1S/C22H27ClN6O2/c1-3-24-19-13-20(26-15(2)25-19)27-8-10-28(11-9-27)22(31)16-12-21(30)29(14-16)18-6-4-17(23)5-7-18/h4-7,13,16H,3,8-12,14H2,1-2H3,(H,24,25,26). The molecule has 1 aromatic carbocycles. The molecule has 1 N–H and O–H groups in total. The summed E-state index contributed by atoms with van der Waals surface area (Å²) in [6.07, 6.45) is 0.249. The first-order chi connectivity index (χ1) is 14.9. The molecule has 0 aliphatic carbocycles. The first kappa shape index (κ1) is 21.4. The summed E-state index contributed by atoms with van der Waals surface area (Å²) in [7, 11) is 0. The van der Waals surface area contributed by atoms with Gasteiger partial charge in [-0.15, -0.1) is 0 Å². The molecule has 2 aliphatic heterocycles. The van der Waals surface area contributed by atoms with Gasteiger partial charge in [-0.2, -0.15) is 0 Å². The number of hydrogen-bond acceptors (Lipinski definition) is 6. The van der Waals surface area contributed by atoms with E-state index in [1.165, 1.54) is 0 Å². The normalized spacial score (nSPS) is 19.1. The summed E-state index contributed by atoms with van der Waals surface area (Å²) in [6.45, 7) is 7.76. The molecular weight excluding hydrogens is 416 g/mol. The van der Waals surface area contributed by atoms with E-state index < -0.39 is 0 Å². The lowest BCUT2D eigenvalue weighted by molar-refractivity contribution is -0.136. The molecule has 2 aromatic rings. The van der Waals surface area contributed by atoms with Crippen molar-refractivity contribution in [3.63, 3.8) is 0 Å². The highest BCUT2D eigenvalue weighted by molar-refractivity contribution is 6.30. The number of amides is 2. The van der Waals surface area contributed by atoms with Gasteiger partial charge in [0, 0.05) is 62.5 Å². The summed E-state index contributed by atoms with van der Waals surface area (Å²) in [4.78, 5) is 40.3. The molecule has 0 radical (unpaired) electrons. The second-order valence-corrected chi connectivity index (χ2v) is 8.32. The van der Waals surface area contributed by atoms with Crippen molar-refractivity contribution < 1.29 is 9.59 Å². The quantitative estimate of drug-likeness (QED) is 0.766. The Labute approximate surface area is 187 Å². The van der Waals surface area contributed by atoms with Crippen LogP contribution < -0.4 is 15.1 Å². The van der Waals surface area contributed by atoms with E-state index in [1.807, 2.05) is 36.9 Å². The smallest absolute Gasteiger partial charge is 0.228 e. The highest BCUT2D eigenvalue weighted by Crippen LogP contribution is 2.28. The molecule has 2 amide bonds. The number of piperazine rings is 1. The van der Waals surface area contributed by atoms with Gasteiger partial charge in [-0.25, -0.2) is 9.97 Å². The van der Waals surface area contributed by atoms with Crippen LogP contribution in [-0.4, -0.2) is 66.0 Å². The van der Waals surface area contributed by atoms with Gasteiger partial charge < -0.3 is 20.0 Å². The molecule has 3 heterocycles. The van der Waals surface area contributed by atoms with Crippen LogP contribution in [0.4, 0.5) is 17.3 Å². The lowest BCUT2D eigenvalue weighted by Crippen LogP contribution is -2.51. The summed E-state index contributed by atoms with van der Waals surface area (Å²) in [5.74, 6) is 2.13. The van der Waals surface area contributed by atoms with E-state index in [2.05, 4.69) is 20.2 Å². The predicted molar refractivity (Wildman–Crippen MR) is 122 cm³/mol. The molecule has 9 heteroatoms. The molecule has 0 spiro atoms. The first-order valence-electron chi connectivity index (χ1n) is 10.6. The Hall–Kier alpha value is -2.87. The maximum absolute atomic E-state index is 13.1. The van der Waals surface area contributed by atoms with Gasteiger partial charge in [0.05, 0.1) is 5.92 Å². The van der Waals surface area contributed by atoms with Crippen LogP contribution in [0.2, 0.25) is 5.02 Å². The van der Waals surface area contributed by atoms with E-state index >= 15 is 0 Å². The molecule has 2 saturated heterocycles. The number of benzene rings is 1. The summed E-state index contributed by atoms with van der Waals surface area (Å²) < 4.78 is 0. The van der Waals surface area contributed by atoms with Crippen LogP contribution in [0.1, 0.15) is 19.2 Å². The Bertz CT molecular complexity index is 959. The van der Waals surface area contributed by atoms with Gasteiger partial charge in [-0.3, -0.25) is 9.59 Å². The monoisotopic (exact) mass is 442 g/mol. The van der Waals surface area contributed by atoms with Crippen molar-refractivity contribution in [1.82, 2.24) is 14.9 Å². The van der Waals surface area contributed by atoms with Gasteiger partial charge in [0.2, 0.25) is 11.8 Å². The molecule has 0 saturated carbocycles. The zero-order valence-electron chi connectivity index (χ0n) is 17.8. The SMILES string of the molecule is CCNc1cc(N2CCN(C(=O)C3CC(=O)N(c4ccc(Cl)cc4)C3)CC2)nc(C)n1. The van der Waals surface area contributed by atoms with Crippen molar-refractivity contribution in [2.45, 2.75) is 20.3 Å². The zero-order valence-corrected chi connectivity index (χ0v) is 18.6. The number of anilines is 3. The van der Waals surface area contributed by atoms with Crippen molar-refractivity contribution in [3.05, 3.63) is 41.2 Å². The number of aromatic nitrogens is 2. The molecule has 164 valence electrons. The summed E-state index contributed by atoms with van der Waals surface area (Å²) in [6, 6.07) is 9.10. The lowest BCUT2D eigenvalue weighted by Gasteiger charge is -2.36. The number of aryl methyl sites for hydroxylation is 1. The maximum atomic E-state index is 13.1. The number of nitrogens with one attached hydrogen (secondary N) is 1. The van der Waals surface area contributed by atoms with Crippen LogP contribution in [0.15, 0.2) is 30.3 Å². The minimum atomic E-state index is -0.309. The topological polar surface area (TPSA) is 81.7 Å². The maximum Gasteiger partial charge on any atom is 0.228 e. The summed E-state index contributed by atoms with van der Waals surface area (Å²) >= 11 is 5.94. The van der Waals surface area contributed by atoms with Crippen molar-refractivity contribution >= 4 is 40.7 Å². The third-order valence-electron chi connectivity index (χ3n) is 5.71. The number of carbonyl (C=O) groups is 2. The van der Waals surface area contributed by atoms with Gasteiger partial charge in [0.1, 0.15) is 17.5 Å². The fourth-order valence-corrected chi connectivity index (χ4v) is 4.27. The fourth-order valence-electron chi connectivity index (χ4n) is 4.14. The van der Waals surface area contributed by atoms with E-state index in [0.29, 0.717) is 37.7 Å². The molecule has 2 aliphatic rings. The molecule has 31 heavy (non-hydrogen) atoms. The molecule has 4 rings (SSSR count). The molecule has 1 atom stereocenters. The van der Waals surface area contributed by atoms with Crippen LogP contribution in [0, 0.1) is 12.8 Å². The number of carbonyl (C=O) groups excluding carboxylic acids is 2. The Morgan fingerprint density at radius 1 is 1.16 bits per heavy atom. The van der Waals surface area contributed by atoms with Gasteiger partial charge in [0.25, 0.3) is 0 Å². The number of rotatable bonds is 5. The second-order valence-electron chi connectivity index (χ2n) is 7.88. The fraction of sp³-hybridized carbons (Fsp3) is 0.455. The van der Waals surface area contributed by atoms with Crippen LogP contribution in [-0.2, 0) is 9.59 Å². The Balaban J connectivity index is 1.36. The Morgan fingerprint density at radius 3 is 2.55 bits per heavy atom. The van der Waals surface area contributed by atoms with E-state index in [4.69, 9.17) is 11.6 Å². The molecule has 1 aromatic heterocycles. The molecule has 0 bridgehead atoms. The minimum Gasteiger partial charge on any atom is -0.370 e. The number of nitrogens with zero attached hydrogens (tertiary/aromatic N) is 5. The van der Waals surface area contributed by atoms with Crippen LogP contribution in [0.5, 0.6) is 0 Å². The average molecular weight is 443 g/mol. The first-order valence-corrected chi connectivity index (χ1v) is 11.0. The zero-order chi connectivity index (χ0) is 22.0. The van der Waals surface area contributed by atoms with E-state index in [9.17, 15) is 9.59 Å². The van der Waals surface area contributed by atoms with E-state index in [0.717, 1.165) is 29.7 Å². The van der Waals surface area contributed by atoms with Crippen LogP contribution in [0.25, 0.3) is 0 Å². The van der Waals surface area contributed by atoms with Crippen LogP contribution in [0.3, 0.4) is 0 Å². The minimum absolute atomic E-state index is 0.0216. The van der Waals surface area contributed by atoms with Crippen molar-refractivity contribution in [1.29, 1.82) is 0 Å². The van der Waals surface area contributed by atoms with E-state index in [1.54, 1.807) is 17.0 Å². The van der Waals surface area contributed by atoms with Crippen molar-refractivity contribution in [3.8, 4) is 0 Å². The van der Waals surface area contributed by atoms with Gasteiger partial charge in [-0.1, -0.05) is 11.6 Å². The third kappa shape index (κ3) is 4.74. The number of halogens is 1. The van der Waals surface area contributed by atoms with Crippen molar-refractivity contribution in [2.75, 3.05) is 54.4 Å². The molecule has 2 fully saturated rings. The lowest BCUT2D eigenvalue weighted by atomic mass is 10.1. The molecule has 1 unspecified atom stereocenters. The highest BCUT2D eigenvalue weighted by Gasteiger charge is 2.38. The van der Waals surface area contributed by atoms with Crippen LogP contribution >= 0.6 is 11.6 Å². The Morgan fingerprint density at radius 2 is 1.87 bits per heavy atom. The average Bonchev–Trinajstić information content (AvgIpc) is 3.15. The van der Waals surface area contributed by atoms with Gasteiger partial charge in [0.15, 0.2) is 0 Å². The van der Waals surface area contributed by atoms with Gasteiger partial charge >= 0.3 is 0 Å². The second kappa shape index (κ2) is 9.09. The van der Waals surface area contributed by atoms with Gasteiger partial charge in [-0.05, 0) is 38.1 Å². The molecular formula is C22H27ClN6O2. The largest absolute Gasteiger partial charge is 0.370 e. The molecule has 8 nitrogen and oxygen atoms in total. The number of hydrogen-bond donors (Lipinski definition) is 1. The van der Waals surface area contributed by atoms with E-state index in [-0.39, 0.29) is 24.2 Å².